The van der Waals surface area contributed by atoms with Gasteiger partial charge in [-0.3, -0.25) is 20.6 Å². The fourth-order valence-corrected chi connectivity index (χ4v) is 4.23. The molecule has 8 aromatic rings. The van der Waals surface area contributed by atoms with Gasteiger partial charge < -0.3 is 116 Å². The third-order valence-corrected chi connectivity index (χ3v) is 6.75. The number of carbonyl (C=O) groups is 4. The first-order valence-electron chi connectivity index (χ1n) is 15.2. The SMILES string of the molecule is O.O.O.O.O=C([O-])c1cccc(-c2nn[nH]n2)c1.O=C([O-])c1cccc(-c2nn[nH]n2)c1.O=C([O-])c1cccc(-c2nnn[n-]2)c1.O=C([O-])c1cccc(-c2nnn[n-]2)c1.[Er+3].[Er+3].[OH3+].[OH3+].[OH3+].[OH3+].[OH3+].[OH3+].[OH3+].[OH3+]. The molecule has 36 nitrogen and oxygen atoms in total. The predicted octanol–water partition coefficient (Wildman–Crippen LogP) is -14.5. The number of benzene rings is 4. The summed E-state index contributed by atoms with van der Waals surface area (Å²) < 4.78 is 0. The van der Waals surface area contributed by atoms with Crippen LogP contribution in [0.2, 0.25) is 0 Å². The van der Waals surface area contributed by atoms with Gasteiger partial charge in [0.05, 0.1) is 23.9 Å². The average Bonchev–Trinajstić information content (AvgIpc) is 4.08. The van der Waals surface area contributed by atoms with Crippen LogP contribution >= 0.6 is 0 Å². The van der Waals surface area contributed by atoms with Crippen molar-refractivity contribution < 1.29 is 180 Å². The summed E-state index contributed by atoms with van der Waals surface area (Å²) in [7, 11) is 0. The number of aromatic amines is 2. The number of hydrogen-bond acceptors (Lipinski definition) is 20. The molecule has 4 heterocycles. The van der Waals surface area contributed by atoms with Gasteiger partial charge in [-0.15, -0.1) is 20.4 Å². The smallest absolute Gasteiger partial charge is 0.545 e. The van der Waals surface area contributed by atoms with Crippen molar-refractivity contribution in [2.75, 3.05) is 0 Å². The van der Waals surface area contributed by atoms with E-state index in [0.29, 0.717) is 45.6 Å². The Labute approximate surface area is 447 Å². The molecule has 0 aliphatic rings. The zero-order valence-corrected chi connectivity index (χ0v) is 38.7. The van der Waals surface area contributed by atoms with E-state index in [0.717, 1.165) is 0 Å². The van der Waals surface area contributed by atoms with E-state index in [1.165, 1.54) is 48.5 Å². The summed E-state index contributed by atoms with van der Waals surface area (Å²) >= 11 is 0. The fraction of sp³-hybridized carbons (Fsp3) is 0. The summed E-state index contributed by atoms with van der Waals surface area (Å²) in [5.41, 5.74) is 2.61. The molecule has 0 saturated carbocycles. The Bertz CT molecular complexity index is 2200. The number of carbonyl (C=O) groups excluding carboxylic acids is 4. The zero-order chi connectivity index (χ0) is 39.9. The number of nitrogens with one attached hydrogen (secondary N) is 2. The fourth-order valence-electron chi connectivity index (χ4n) is 4.23. The number of aromatic nitrogens is 16. The van der Waals surface area contributed by atoms with E-state index in [-0.39, 0.29) is 163 Å². The number of H-pyrrole nitrogens is 2. The molecule has 34 N–H and O–H groups in total. The molecule has 4 aromatic heterocycles. The third kappa shape index (κ3) is 25.4. The average molecular weight is 1310 g/mol. The molecule has 8 rings (SSSR count). The van der Waals surface area contributed by atoms with Gasteiger partial charge in [-0.1, -0.05) is 72.8 Å². The molecule has 0 saturated heterocycles. The zero-order valence-electron chi connectivity index (χ0n) is 35.0. The van der Waals surface area contributed by atoms with Crippen molar-refractivity contribution >= 4 is 23.9 Å². The van der Waals surface area contributed by atoms with Crippen molar-refractivity contribution in [3.05, 3.63) is 119 Å². The summed E-state index contributed by atoms with van der Waals surface area (Å²) in [6.07, 6.45) is 0. The Hall–Kier alpha value is -6.95. The van der Waals surface area contributed by atoms with Crippen molar-refractivity contribution in [1.82, 2.24) is 82.5 Å². The molecule has 70 heavy (non-hydrogen) atoms. The predicted molar refractivity (Wildman–Crippen MR) is 227 cm³/mol. The Balaban J connectivity index is -0.0000000804. The summed E-state index contributed by atoms with van der Waals surface area (Å²) in [6.45, 7) is 0. The topological polar surface area (TPSA) is 765 Å². The van der Waals surface area contributed by atoms with Crippen molar-refractivity contribution in [3.8, 4) is 45.6 Å². The van der Waals surface area contributed by atoms with Crippen LogP contribution in [0.5, 0.6) is 0 Å². The van der Waals surface area contributed by atoms with Crippen LogP contribution in [0.1, 0.15) is 41.4 Å². The van der Waals surface area contributed by atoms with Gasteiger partial charge in [0, 0.05) is 22.8 Å². The normalized spacial score (nSPS) is 8.00. The van der Waals surface area contributed by atoms with Crippen LogP contribution in [-0.4, -0.2) is 118 Å². The van der Waals surface area contributed by atoms with E-state index < -0.39 is 23.9 Å². The molecule has 394 valence electrons. The van der Waals surface area contributed by atoms with Crippen LogP contribution in [0.3, 0.4) is 0 Å². The molecule has 0 aliphatic heterocycles. The second-order valence-corrected chi connectivity index (χ2v) is 10.3. The molecule has 38 heteroatoms. The first-order valence-corrected chi connectivity index (χ1v) is 15.2. The largest absolute Gasteiger partial charge is 3.00 e. The van der Waals surface area contributed by atoms with E-state index in [2.05, 4.69) is 82.5 Å². The molecule has 0 amide bonds. The van der Waals surface area contributed by atoms with Gasteiger partial charge in [0.15, 0.2) is 0 Å². The van der Waals surface area contributed by atoms with Crippen LogP contribution in [0.25, 0.3) is 45.6 Å². The minimum atomic E-state index is -1.24. The van der Waals surface area contributed by atoms with Crippen LogP contribution in [0, 0.1) is 74.6 Å². The van der Waals surface area contributed by atoms with Crippen molar-refractivity contribution in [2.45, 2.75) is 0 Å². The second kappa shape index (κ2) is 43.3. The van der Waals surface area contributed by atoms with Gasteiger partial charge in [0.1, 0.15) is 0 Å². The van der Waals surface area contributed by atoms with Gasteiger partial charge in [-0.25, -0.2) is 0 Å². The van der Waals surface area contributed by atoms with Crippen molar-refractivity contribution in [3.63, 3.8) is 0 Å². The number of carboxylic acids is 4. The summed E-state index contributed by atoms with van der Waals surface area (Å²) in [4.78, 5) is 42.2. The van der Waals surface area contributed by atoms with Crippen LogP contribution in [0.15, 0.2) is 97.1 Å². The number of aromatic carboxylic acids is 4. The number of hydrogen-bond donors (Lipinski definition) is 2. The molecule has 0 bridgehead atoms. The Kier molecular flexibility index (Phi) is 53.4. The number of carboxylic acid groups (broad SMARTS) is 4. The van der Waals surface area contributed by atoms with E-state index in [4.69, 9.17) is 0 Å². The van der Waals surface area contributed by atoms with Crippen molar-refractivity contribution in [2.24, 2.45) is 0 Å². The van der Waals surface area contributed by atoms with Gasteiger partial charge in [0.2, 0.25) is 11.6 Å². The molecule has 0 spiro atoms. The summed E-state index contributed by atoms with van der Waals surface area (Å²) in [6, 6.07) is 24.5. The van der Waals surface area contributed by atoms with Gasteiger partial charge in [-0.05, 0) is 68.1 Å². The number of tetrazole rings is 4. The van der Waals surface area contributed by atoms with Gasteiger partial charge in [-0.2, -0.15) is 20.9 Å². The van der Waals surface area contributed by atoms with Gasteiger partial charge >= 0.3 is 74.6 Å². The minimum absolute atomic E-state index is 0. The van der Waals surface area contributed by atoms with E-state index in [9.17, 15) is 39.6 Å². The maximum atomic E-state index is 10.5. The molecule has 0 fully saturated rings. The Morgan fingerprint density at radius 1 is 0.400 bits per heavy atom. The minimum Gasteiger partial charge on any atom is -0.545 e. The maximum absolute atomic E-state index is 10.5. The number of rotatable bonds is 8. The number of nitrogens with zero attached hydrogens (tertiary/aromatic N) is 14. The standard InChI is InChI=1S/4C8H6N4O2.2Er.12H2O/c4*13-8(14)6-3-1-2-5(4-6)7-9-11-12-10-7;;;;;;;;;;;;;;/h2*1-4H,(H,13,14)(H,9,10,11,12);2*1-4H,(H2,9,10,11,12,13,14);;;12*1H2/q;;;;2*+3;;;;;;;;;;;;/p+2. The van der Waals surface area contributed by atoms with Crippen LogP contribution in [-0.2, 0) is 43.8 Å². The molecule has 4 aromatic carbocycles. The maximum Gasteiger partial charge on any atom is 3.00 e. The molecule has 0 aliphatic carbocycles. The van der Waals surface area contributed by atoms with Crippen LogP contribution in [0.4, 0.5) is 0 Å². The molecule has 0 atom stereocenters. The Morgan fingerprint density at radius 3 is 0.871 bits per heavy atom. The quantitative estimate of drug-likeness (QED) is 0.133. The van der Waals surface area contributed by atoms with E-state index in [1.807, 2.05) is 0 Å². The second-order valence-electron chi connectivity index (χ2n) is 10.3. The molecular formula is C32H50Er2N16O20+8. The monoisotopic (exact) mass is 1310 g/mol. The molecular weight excluding hydrogens is 1260 g/mol. The first kappa shape index (κ1) is 86.3. The van der Waals surface area contributed by atoms with Crippen LogP contribution < -0.4 is 30.6 Å². The van der Waals surface area contributed by atoms with E-state index in [1.54, 1.807) is 48.5 Å². The summed E-state index contributed by atoms with van der Waals surface area (Å²) in [5.74, 6) is -3.62. The van der Waals surface area contributed by atoms with E-state index >= 15 is 0 Å². The first-order chi connectivity index (χ1) is 27.1. The van der Waals surface area contributed by atoms with Gasteiger partial charge in [0.25, 0.3) is 0 Å². The Morgan fingerprint density at radius 2 is 0.657 bits per heavy atom. The third-order valence-electron chi connectivity index (χ3n) is 6.75. The molecule has 2 radical (unpaired) electrons. The summed E-state index contributed by atoms with van der Waals surface area (Å²) in [5, 5.41) is 96.0. The molecule has 0 unspecified atom stereocenters. The van der Waals surface area contributed by atoms with Crippen molar-refractivity contribution in [1.29, 1.82) is 0 Å².